The van der Waals surface area contributed by atoms with Gasteiger partial charge in [-0.1, -0.05) is 11.6 Å². The number of aromatic nitrogens is 1. The molecule has 0 atom stereocenters. The molecule has 1 aromatic heterocycles. The third-order valence-corrected chi connectivity index (χ3v) is 2.69. The Hall–Kier alpha value is -2.34. The molecule has 0 aliphatic rings. The van der Waals surface area contributed by atoms with Crippen molar-refractivity contribution < 1.29 is 9.18 Å². The Bertz CT molecular complexity index is 648. The maximum absolute atomic E-state index is 13.1. The number of nitrogen functional groups attached to an aromatic ring is 1. The summed E-state index contributed by atoms with van der Waals surface area (Å²) in [7, 11) is 0. The van der Waals surface area contributed by atoms with Gasteiger partial charge in [-0.05, 0) is 24.3 Å². The van der Waals surface area contributed by atoms with Crippen LogP contribution in [0.25, 0.3) is 0 Å². The maximum Gasteiger partial charge on any atom is 0.252 e. The van der Waals surface area contributed by atoms with E-state index in [2.05, 4.69) is 10.3 Å². The van der Waals surface area contributed by atoms with Crippen molar-refractivity contribution in [2.45, 2.75) is 0 Å². The average Bonchev–Trinajstić information content (AvgIpc) is 2.35. The molecule has 2 rings (SSSR count). The van der Waals surface area contributed by atoms with E-state index in [-0.39, 0.29) is 22.1 Å². The van der Waals surface area contributed by atoms with Crippen LogP contribution in [0, 0.1) is 5.82 Å². The molecule has 0 bridgehead atoms. The predicted octanol–water partition coefficient (Wildman–Crippen LogP) is 2.30. The van der Waals surface area contributed by atoms with E-state index >= 15 is 0 Å². The van der Waals surface area contributed by atoms with Gasteiger partial charge in [0.25, 0.3) is 5.91 Å². The number of carbonyl (C=O) groups excluding carboxylic acids is 1. The number of hydrogen-bond acceptors (Lipinski definition) is 4. The molecule has 7 heteroatoms. The topological polar surface area (TPSA) is 94.0 Å². The lowest BCUT2D eigenvalue weighted by Gasteiger charge is -2.11. The zero-order valence-corrected chi connectivity index (χ0v) is 10.4. The number of rotatable bonds is 3. The molecule has 0 aliphatic carbocycles. The standard InChI is InChI=1S/C12H10ClFN4O/c13-9-2-1-6(14)3-10(9)18-12-8(11(16)19)4-7(15)5-17-12/h1-5H,15H2,(H2,16,19)(H,17,18). The highest BCUT2D eigenvalue weighted by Gasteiger charge is 2.12. The molecule has 2 aromatic rings. The number of hydrogen-bond donors (Lipinski definition) is 3. The summed E-state index contributed by atoms with van der Waals surface area (Å²) in [6.45, 7) is 0. The van der Waals surface area contributed by atoms with E-state index in [1.807, 2.05) is 0 Å². The lowest BCUT2D eigenvalue weighted by atomic mass is 10.2. The minimum absolute atomic E-state index is 0.0975. The quantitative estimate of drug-likeness (QED) is 0.804. The monoisotopic (exact) mass is 280 g/mol. The van der Waals surface area contributed by atoms with Crippen molar-refractivity contribution in [1.29, 1.82) is 0 Å². The van der Waals surface area contributed by atoms with E-state index in [4.69, 9.17) is 23.1 Å². The summed E-state index contributed by atoms with van der Waals surface area (Å²) in [5.74, 6) is -1.01. The van der Waals surface area contributed by atoms with Crippen LogP contribution >= 0.6 is 11.6 Å². The molecule has 5 N–H and O–H groups in total. The fourth-order valence-electron chi connectivity index (χ4n) is 1.49. The van der Waals surface area contributed by atoms with Gasteiger partial charge in [-0.25, -0.2) is 9.37 Å². The number of halogens is 2. The molecule has 0 radical (unpaired) electrons. The van der Waals surface area contributed by atoms with Gasteiger partial charge < -0.3 is 16.8 Å². The first kappa shape index (κ1) is 13.1. The number of nitrogens with two attached hydrogens (primary N) is 2. The summed E-state index contributed by atoms with van der Waals surface area (Å²) in [5, 5.41) is 3.04. The molecular formula is C12H10ClFN4O. The van der Waals surface area contributed by atoms with Crippen molar-refractivity contribution in [3.8, 4) is 0 Å². The highest BCUT2D eigenvalue weighted by Crippen LogP contribution is 2.27. The van der Waals surface area contributed by atoms with Crippen LogP contribution in [0.5, 0.6) is 0 Å². The highest BCUT2D eigenvalue weighted by molar-refractivity contribution is 6.33. The maximum atomic E-state index is 13.1. The molecule has 0 aliphatic heterocycles. The summed E-state index contributed by atoms with van der Waals surface area (Å²) in [5.41, 5.74) is 11.4. The summed E-state index contributed by atoms with van der Waals surface area (Å²) in [4.78, 5) is 15.2. The Morgan fingerprint density at radius 3 is 2.79 bits per heavy atom. The summed E-state index contributed by atoms with van der Waals surface area (Å²) >= 11 is 5.91. The first-order valence-corrected chi connectivity index (χ1v) is 5.62. The van der Waals surface area contributed by atoms with Gasteiger partial charge in [0.15, 0.2) is 0 Å². The van der Waals surface area contributed by atoms with E-state index < -0.39 is 11.7 Å². The fourth-order valence-corrected chi connectivity index (χ4v) is 1.65. The molecule has 0 spiro atoms. The Morgan fingerprint density at radius 2 is 2.11 bits per heavy atom. The van der Waals surface area contributed by atoms with Crippen molar-refractivity contribution in [3.05, 3.63) is 46.9 Å². The minimum Gasteiger partial charge on any atom is -0.397 e. The fraction of sp³-hybridized carbons (Fsp3) is 0. The zero-order valence-electron chi connectivity index (χ0n) is 9.65. The van der Waals surface area contributed by atoms with Gasteiger partial charge in [-0.3, -0.25) is 4.79 Å². The van der Waals surface area contributed by atoms with Crippen LogP contribution in [-0.2, 0) is 0 Å². The van der Waals surface area contributed by atoms with Crippen LogP contribution < -0.4 is 16.8 Å². The van der Waals surface area contributed by atoms with Crippen molar-refractivity contribution >= 4 is 34.7 Å². The summed E-state index contributed by atoms with van der Waals surface area (Å²) in [6.07, 6.45) is 1.35. The van der Waals surface area contributed by atoms with Crippen LogP contribution in [0.1, 0.15) is 10.4 Å². The molecular weight excluding hydrogens is 271 g/mol. The molecule has 1 aromatic carbocycles. The normalized spacial score (nSPS) is 10.2. The van der Waals surface area contributed by atoms with Gasteiger partial charge >= 0.3 is 0 Å². The summed E-state index contributed by atoms with van der Waals surface area (Å²) < 4.78 is 13.1. The second-order valence-corrected chi connectivity index (χ2v) is 4.19. The van der Waals surface area contributed by atoms with Crippen LogP contribution in [0.2, 0.25) is 5.02 Å². The van der Waals surface area contributed by atoms with E-state index in [0.717, 1.165) is 0 Å². The largest absolute Gasteiger partial charge is 0.397 e. The second-order valence-electron chi connectivity index (χ2n) is 3.78. The van der Waals surface area contributed by atoms with Crippen LogP contribution in [0.3, 0.4) is 0 Å². The van der Waals surface area contributed by atoms with Crippen molar-refractivity contribution in [3.63, 3.8) is 0 Å². The molecule has 0 unspecified atom stereocenters. The lowest BCUT2D eigenvalue weighted by Crippen LogP contribution is -2.15. The molecule has 19 heavy (non-hydrogen) atoms. The van der Waals surface area contributed by atoms with Gasteiger partial charge in [0.05, 0.1) is 28.2 Å². The van der Waals surface area contributed by atoms with Gasteiger partial charge in [-0.2, -0.15) is 0 Å². The Kier molecular flexibility index (Phi) is 3.52. The van der Waals surface area contributed by atoms with Gasteiger partial charge in [0.1, 0.15) is 11.6 Å². The average molecular weight is 281 g/mol. The number of pyridine rings is 1. The Morgan fingerprint density at radius 1 is 1.37 bits per heavy atom. The lowest BCUT2D eigenvalue weighted by molar-refractivity contribution is 0.100. The first-order chi connectivity index (χ1) is 8.97. The molecule has 98 valence electrons. The number of amides is 1. The number of carbonyl (C=O) groups is 1. The molecule has 5 nitrogen and oxygen atoms in total. The van der Waals surface area contributed by atoms with E-state index in [0.29, 0.717) is 5.69 Å². The third kappa shape index (κ3) is 2.92. The Balaban J connectivity index is 2.43. The van der Waals surface area contributed by atoms with E-state index in [1.54, 1.807) is 0 Å². The molecule has 0 saturated carbocycles. The number of benzene rings is 1. The van der Waals surface area contributed by atoms with Crippen LogP contribution in [0.4, 0.5) is 21.6 Å². The summed E-state index contributed by atoms with van der Waals surface area (Å²) in [6, 6.07) is 5.18. The molecule has 0 fully saturated rings. The number of anilines is 3. The molecule has 0 saturated heterocycles. The minimum atomic E-state index is -0.699. The third-order valence-electron chi connectivity index (χ3n) is 2.36. The van der Waals surface area contributed by atoms with Crippen LogP contribution in [0.15, 0.2) is 30.5 Å². The Labute approximate surface area is 113 Å². The smallest absolute Gasteiger partial charge is 0.252 e. The predicted molar refractivity (Wildman–Crippen MR) is 71.9 cm³/mol. The van der Waals surface area contributed by atoms with Crippen molar-refractivity contribution in [2.24, 2.45) is 5.73 Å². The second kappa shape index (κ2) is 5.11. The van der Waals surface area contributed by atoms with Gasteiger partial charge in [0, 0.05) is 0 Å². The van der Waals surface area contributed by atoms with E-state index in [9.17, 15) is 9.18 Å². The molecule has 1 heterocycles. The van der Waals surface area contributed by atoms with Crippen molar-refractivity contribution in [2.75, 3.05) is 11.1 Å². The zero-order chi connectivity index (χ0) is 14.0. The van der Waals surface area contributed by atoms with Gasteiger partial charge in [0.2, 0.25) is 0 Å². The highest BCUT2D eigenvalue weighted by atomic mass is 35.5. The van der Waals surface area contributed by atoms with Crippen molar-refractivity contribution in [1.82, 2.24) is 4.98 Å². The number of nitrogens with zero attached hydrogens (tertiary/aromatic N) is 1. The first-order valence-electron chi connectivity index (χ1n) is 5.25. The van der Waals surface area contributed by atoms with Crippen LogP contribution in [-0.4, -0.2) is 10.9 Å². The molecule has 1 amide bonds. The number of primary amides is 1. The van der Waals surface area contributed by atoms with E-state index in [1.165, 1.54) is 30.5 Å². The number of nitrogens with one attached hydrogen (secondary N) is 1. The van der Waals surface area contributed by atoms with Gasteiger partial charge in [-0.15, -0.1) is 0 Å². The SMILES string of the molecule is NC(=O)c1cc(N)cnc1Nc1cc(F)ccc1Cl.